The zero-order valence-corrected chi connectivity index (χ0v) is 21.0. The van der Waals surface area contributed by atoms with Gasteiger partial charge in [0.05, 0.1) is 11.9 Å². The van der Waals surface area contributed by atoms with Crippen LogP contribution in [0, 0.1) is 17.6 Å². The molecule has 9 heteroatoms. The third-order valence-electron chi connectivity index (χ3n) is 6.51. The van der Waals surface area contributed by atoms with E-state index in [1.807, 2.05) is 0 Å². The molecular weight excluding hydrogens is 498 g/mol. The summed E-state index contributed by atoms with van der Waals surface area (Å²) in [5.41, 5.74) is -0.396. The van der Waals surface area contributed by atoms with Gasteiger partial charge in [-0.05, 0) is 42.7 Å². The van der Waals surface area contributed by atoms with Crippen molar-refractivity contribution in [3.8, 4) is 10.4 Å². The van der Waals surface area contributed by atoms with Crippen LogP contribution >= 0.6 is 11.3 Å². The normalized spacial score (nSPS) is 14.2. The molecule has 0 saturated heterocycles. The molecule has 2 heterocycles. The lowest BCUT2D eigenvalue weighted by Gasteiger charge is -2.11. The van der Waals surface area contributed by atoms with Gasteiger partial charge in [0.25, 0.3) is 5.91 Å². The standard InChI is InChI=1S/C28H24F2N2O4S/c1-15(2)24(34)23-22-21(33)10-13-32(14-18-19(29)4-3-5-20(18)30)26(22)37-25(23)16-6-8-17(9-7-16)31-27(35)28(36)11-12-28/h3-10,13,15,36H,11-12,14H2,1-2H3,(H,31,35). The number of pyridine rings is 1. The summed E-state index contributed by atoms with van der Waals surface area (Å²) in [6.45, 7) is 3.33. The number of nitrogens with one attached hydrogen (secondary N) is 1. The molecule has 2 N–H and O–H groups in total. The zero-order chi connectivity index (χ0) is 26.5. The number of anilines is 1. The molecule has 0 bridgehead atoms. The molecule has 0 unspecified atom stereocenters. The predicted molar refractivity (Wildman–Crippen MR) is 139 cm³/mol. The van der Waals surface area contributed by atoms with E-state index in [1.54, 1.807) is 42.7 Å². The highest BCUT2D eigenvalue weighted by molar-refractivity contribution is 7.22. The summed E-state index contributed by atoms with van der Waals surface area (Å²) in [6, 6.07) is 11.7. The third kappa shape index (κ3) is 4.60. The largest absolute Gasteiger partial charge is 0.380 e. The maximum Gasteiger partial charge on any atom is 0.256 e. The van der Waals surface area contributed by atoms with Gasteiger partial charge < -0.3 is 15.0 Å². The molecule has 0 aliphatic heterocycles. The highest BCUT2D eigenvalue weighted by atomic mass is 32.1. The SMILES string of the molecule is CC(C)C(=O)c1c(-c2ccc(NC(=O)C3(O)CC3)cc2)sc2c1c(=O)ccn2Cc1c(F)cccc1F. The summed E-state index contributed by atoms with van der Waals surface area (Å²) in [5.74, 6) is -2.48. The molecule has 1 amide bonds. The van der Waals surface area contributed by atoms with E-state index in [9.17, 15) is 28.3 Å². The number of carbonyl (C=O) groups excluding carboxylic acids is 2. The molecule has 190 valence electrons. The van der Waals surface area contributed by atoms with Crippen molar-refractivity contribution >= 4 is 38.9 Å². The monoisotopic (exact) mass is 522 g/mol. The quantitative estimate of drug-likeness (QED) is 0.320. The summed E-state index contributed by atoms with van der Waals surface area (Å²) in [4.78, 5) is 39.5. The number of aromatic nitrogens is 1. The van der Waals surface area contributed by atoms with Crippen molar-refractivity contribution in [2.45, 2.75) is 38.8 Å². The zero-order valence-electron chi connectivity index (χ0n) is 20.2. The molecule has 0 spiro atoms. The van der Waals surface area contributed by atoms with E-state index >= 15 is 0 Å². The lowest BCUT2D eigenvalue weighted by molar-refractivity contribution is -0.125. The van der Waals surface area contributed by atoms with E-state index in [2.05, 4.69) is 5.32 Å². The van der Waals surface area contributed by atoms with Crippen LogP contribution in [0.5, 0.6) is 0 Å². The highest BCUT2D eigenvalue weighted by Gasteiger charge is 2.48. The molecule has 5 rings (SSSR count). The Morgan fingerprint density at radius 3 is 2.32 bits per heavy atom. The summed E-state index contributed by atoms with van der Waals surface area (Å²) >= 11 is 1.20. The Bertz CT molecular complexity index is 1580. The van der Waals surface area contributed by atoms with Crippen molar-refractivity contribution < 1.29 is 23.5 Å². The fourth-order valence-electron chi connectivity index (χ4n) is 4.16. The van der Waals surface area contributed by atoms with Gasteiger partial charge in [-0.2, -0.15) is 0 Å². The fraction of sp³-hybridized carbons (Fsp3) is 0.250. The minimum atomic E-state index is -1.31. The number of ketones is 1. The topological polar surface area (TPSA) is 88.4 Å². The van der Waals surface area contributed by atoms with Gasteiger partial charge in [0, 0.05) is 39.9 Å². The number of thiophene rings is 1. The maximum absolute atomic E-state index is 14.4. The van der Waals surface area contributed by atoms with E-state index in [0.717, 1.165) is 0 Å². The number of benzene rings is 2. The van der Waals surface area contributed by atoms with Crippen molar-refractivity contribution in [1.82, 2.24) is 4.57 Å². The maximum atomic E-state index is 14.4. The van der Waals surface area contributed by atoms with Gasteiger partial charge in [-0.3, -0.25) is 14.4 Å². The van der Waals surface area contributed by atoms with Gasteiger partial charge in [0.2, 0.25) is 0 Å². The molecule has 1 saturated carbocycles. The van der Waals surface area contributed by atoms with E-state index in [0.29, 0.717) is 33.8 Å². The second-order valence-corrected chi connectivity index (χ2v) is 10.6. The third-order valence-corrected chi connectivity index (χ3v) is 7.79. The number of fused-ring (bicyclic) bond motifs is 1. The van der Waals surface area contributed by atoms with Gasteiger partial charge >= 0.3 is 0 Å². The minimum Gasteiger partial charge on any atom is -0.380 e. The highest BCUT2D eigenvalue weighted by Crippen LogP contribution is 2.40. The Kier molecular flexibility index (Phi) is 6.29. The summed E-state index contributed by atoms with van der Waals surface area (Å²) < 4.78 is 30.4. The first-order valence-corrected chi connectivity index (χ1v) is 12.7. The van der Waals surface area contributed by atoms with Crippen LogP contribution in [0.15, 0.2) is 59.5 Å². The molecular formula is C28H24F2N2O4S. The summed E-state index contributed by atoms with van der Waals surface area (Å²) in [7, 11) is 0. The number of halogens is 2. The fourth-order valence-corrected chi connectivity index (χ4v) is 5.46. The molecule has 37 heavy (non-hydrogen) atoms. The number of carbonyl (C=O) groups is 2. The molecule has 4 aromatic rings. The van der Waals surface area contributed by atoms with Crippen molar-refractivity contribution in [1.29, 1.82) is 0 Å². The number of hydrogen-bond acceptors (Lipinski definition) is 5. The van der Waals surface area contributed by atoms with Crippen LogP contribution in [0.1, 0.15) is 42.6 Å². The van der Waals surface area contributed by atoms with Gasteiger partial charge in [-0.15, -0.1) is 11.3 Å². The summed E-state index contributed by atoms with van der Waals surface area (Å²) in [6.07, 6.45) is 2.32. The number of Topliss-reactive ketones (excluding diaryl/α,β-unsaturated/α-hetero) is 1. The van der Waals surface area contributed by atoms with Gasteiger partial charge in [0.15, 0.2) is 11.2 Å². The lowest BCUT2D eigenvalue weighted by Crippen LogP contribution is -2.29. The smallest absolute Gasteiger partial charge is 0.256 e. The lowest BCUT2D eigenvalue weighted by atomic mass is 9.96. The van der Waals surface area contributed by atoms with Crippen LogP contribution in [0.2, 0.25) is 0 Å². The molecule has 2 aromatic heterocycles. The first-order valence-electron chi connectivity index (χ1n) is 11.9. The van der Waals surface area contributed by atoms with E-state index < -0.39 is 29.1 Å². The van der Waals surface area contributed by atoms with Crippen LogP contribution in [0.4, 0.5) is 14.5 Å². The van der Waals surface area contributed by atoms with Crippen molar-refractivity contribution in [2.75, 3.05) is 5.32 Å². The number of amides is 1. The second-order valence-electron chi connectivity index (χ2n) is 9.58. The van der Waals surface area contributed by atoms with E-state index in [-0.39, 0.29) is 34.3 Å². The number of rotatable bonds is 7. The van der Waals surface area contributed by atoms with Crippen LogP contribution in [0.3, 0.4) is 0 Å². The Balaban J connectivity index is 1.62. The first kappa shape index (κ1) is 25.0. The summed E-state index contributed by atoms with van der Waals surface area (Å²) in [5, 5.41) is 12.9. The first-order chi connectivity index (χ1) is 17.6. The second kappa shape index (κ2) is 9.32. The molecule has 0 radical (unpaired) electrons. The van der Waals surface area contributed by atoms with Crippen molar-refractivity contribution in [3.63, 3.8) is 0 Å². The number of aliphatic hydroxyl groups is 1. The van der Waals surface area contributed by atoms with Crippen LogP contribution < -0.4 is 10.7 Å². The predicted octanol–water partition coefficient (Wildman–Crippen LogP) is 5.36. The van der Waals surface area contributed by atoms with Crippen LogP contribution in [0.25, 0.3) is 20.7 Å². The van der Waals surface area contributed by atoms with Crippen LogP contribution in [-0.4, -0.2) is 27.0 Å². The number of hydrogen-bond donors (Lipinski definition) is 2. The molecule has 1 aliphatic rings. The Morgan fingerprint density at radius 1 is 1.08 bits per heavy atom. The molecule has 0 atom stereocenters. The molecule has 2 aromatic carbocycles. The Labute approximate surface area is 215 Å². The van der Waals surface area contributed by atoms with Crippen LogP contribution in [-0.2, 0) is 11.3 Å². The van der Waals surface area contributed by atoms with Gasteiger partial charge in [-0.25, -0.2) is 8.78 Å². The minimum absolute atomic E-state index is 0.142. The molecule has 1 fully saturated rings. The van der Waals surface area contributed by atoms with Gasteiger partial charge in [0.1, 0.15) is 22.1 Å². The Morgan fingerprint density at radius 2 is 1.73 bits per heavy atom. The van der Waals surface area contributed by atoms with Gasteiger partial charge in [-0.1, -0.05) is 32.0 Å². The molecule has 6 nitrogen and oxygen atoms in total. The van der Waals surface area contributed by atoms with E-state index in [1.165, 1.54) is 41.8 Å². The number of nitrogens with zero attached hydrogens (tertiary/aromatic N) is 1. The van der Waals surface area contributed by atoms with Crippen molar-refractivity contribution in [3.05, 3.63) is 87.7 Å². The molecule has 1 aliphatic carbocycles. The average molecular weight is 523 g/mol. The average Bonchev–Trinajstić information content (AvgIpc) is 3.49. The van der Waals surface area contributed by atoms with Crippen molar-refractivity contribution in [2.24, 2.45) is 5.92 Å². The Hall–Kier alpha value is -3.69. The van der Waals surface area contributed by atoms with E-state index in [4.69, 9.17) is 0 Å².